The fraction of sp³-hybridized carbons (Fsp3) is 0.200. The second-order valence-electron chi connectivity index (χ2n) is 5.02. The summed E-state index contributed by atoms with van der Waals surface area (Å²) in [6.07, 6.45) is 1.84. The summed E-state index contributed by atoms with van der Waals surface area (Å²) in [7, 11) is 0. The molecule has 0 atom stereocenters. The van der Waals surface area contributed by atoms with Gasteiger partial charge in [-0.3, -0.25) is 9.36 Å². The third-order valence-corrected chi connectivity index (χ3v) is 3.66. The number of aromatic amines is 2. The standard InChI is InChI=1S/C15H15N3OS/c1-9(2)18-14(19)13-12(17-15(18)20)11(8-16-13)10-6-4-3-5-7-10/h3-9,16H,1-2H3,(H,17,20). The van der Waals surface area contributed by atoms with Crippen LogP contribution in [0, 0.1) is 4.77 Å². The third-order valence-electron chi connectivity index (χ3n) is 3.36. The molecule has 20 heavy (non-hydrogen) atoms. The average Bonchev–Trinajstić information content (AvgIpc) is 2.83. The van der Waals surface area contributed by atoms with Crippen LogP contribution >= 0.6 is 12.2 Å². The highest BCUT2D eigenvalue weighted by molar-refractivity contribution is 7.71. The van der Waals surface area contributed by atoms with E-state index in [1.165, 1.54) is 0 Å². The van der Waals surface area contributed by atoms with Crippen LogP contribution in [0.15, 0.2) is 41.3 Å². The first kappa shape index (κ1) is 12.9. The second-order valence-corrected chi connectivity index (χ2v) is 5.40. The largest absolute Gasteiger partial charge is 0.355 e. The molecule has 0 bridgehead atoms. The fourth-order valence-corrected chi connectivity index (χ4v) is 2.81. The molecule has 2 heterocycles. The van der Waals surface area contributed by atoms with Crippen molar-refractivity contribution in [3.8, 4) is 11.1 Å². The Morgan fingerprint density at radius 1 is 1.15 bits per heavy atom. The first-order valence-corrected chi connectivity index (χ1v) is 6.91. The predicted molar refractivity (Wildman–Crippen MR) is 83.6 cm³/mol. The van der Waals surface area contributed by atoms with Crippen molar-refractivity contribution in [3.05, 3.63) is 51.7 Å². The molecule has 0 unspecified atom stereocenters. The van der Waals surface area contributed by atoms with Crippen LogP contribution in [-0.2, 0) is 0 Å². The van der Waals surface area contributed by atoms with E-state index in [2.05, 4.69) is 9.97 Å². The lowest BCUT2D eigenvalue weighted by molar-refractivity contribution is 0.564. The monoisotopic (exact) mass is 285 g/mol. The summed E-state index contributed by atoms with van der Waals surface area (Å²) < 4.78 is 2.04. The number of hydrogen-bond acceptors (Lipinski definition) is 2. The van der Waals surface area contributed by atoms with E-state index < -0.39 is 0 Å². The molecule has 0 aliphatic heterocycles. The number of hydrogen-bond donors (Lipinski definition) is 2. The van der Waals surface area contributed by atoms with Gasteiger partial charge in [0.25, 0.3) is 5.56 Å². The molecule has 3 aromatic rings. The van der Waals surface area contributed by atoms with Gasteiger partial charge in [0.15, 0.2) is 4.77 Å². The van der Waals surface area contributed by atoms with Crippen LogP contribution < -0.4 is 5.56 Å². The summed E-state index contributed by atoms with van der Waals surface area (Å²) in [5, 5.41) is 0. The zero-order valence-electron chi connectivity index (χ0n) is 11.3. The lowest BCUT2D eigenvalue weighted by Gasteiger charge is -2.10. The molecule has 4 nitrogen and oxygen atoms in total. The summed E-state index contributed by atoms with van der Waals surface area (Å²) >= 11 is 5.31. The molecule has 3 rings (SSSR count). The Bertz CT molecular complexity index is 872. The number of H-pyrrole nitrogens is 2. The van der Waals surface area contributed by atoms with Crippen LogP contribution in [0.4, 0.5) is 0 Å². The third kappa shape index (κ3) is 1.91. The summed E-state index contributed by atoms with van der Waals surface area (Å²) in [6.45, 7) is 3.88. The Morgan fingerprint density at radius 2 is 1.85 bits per heavy atom. The molecule has 2 N–H and O–H groups in total. The van der Waals surface area contributed by atoms with Crippen LogP contribution in [0.25, 0.3) is 22.2 Å². The zero-order chi connectivity index (χ0) is 14.3. The molecule has 5 heteroatoms. The molecule has 1 aromatic carbocycles. The van der Waals surface area contributed by atoms with E-state index in [0.717, 1.165) is 16.6 Å². The van der Waals surface area contributed by atoms with Crippen molar-refractivity contribution in [1.82, 2.24) is 14.5 Å². The summed E-state index contributed by atoms with van der Waals surface area (Å²) in [5.74, 6) is 0. The maximum Gasteiger partial charge on any atom is 0.278 e. The number of fused-ring (bicyclic) bond motifs is 1. The maximum atomic E-state index is 12.5. The van der Waals surface area contributed by atoms with E-state index in [4.69, 9.17) is 12.2 Å². The minimum absolute atomic E-state index is 0.0270. The van der Waals surface area contributed by atoms with Gasteiger partial charge in [0.05, 0.1) is 5.52 Å². The Kier molecular flexibility index (Phi) is 3.06. The van der Waals surface area contributed by atoms with Crippen molar-refractivity contribution in [1.29, 1.82) is 0 Å². The minimum Gasteiger partial charge on any atom is -0.355 e. The van der Waals surface area contributed by atoms with Crippen LogP contribution in [0.1, 0.15) is 19.9 Å². The number of aromatic nitrogens is 3. The molecule has 0 amide bonds. The molecule has 0 saturated heterocycles. The molecule has 102 valence electrons. The highest BCUT2D eigenvalue weighted by Crippen LogP contribution is 2.25. The smallest absolute Gasteiger partial charge is 0.278 e. The maximum absolute atomic E-state index is 12.5. The van der Waals surface area contributed by atoms with Gasteiger partial charge in [-0.15, -0.1) is 0 Å². The summed E-state index contributed by atoms with van der Waals surface area (Å²) in [6, 6.07) is 9.95. The molecule has 0 radical (unpaired) electrons. The van der Waals surface area contributed by atoms with Crippen molar-refractivity contribution < 1.29 is 0 Å². The molecule has 0 saturated carbocycles. The van der Waals surface area contributed by atoms with Crippen molar-refractivity contribution in [2.45, 2.75) is 19.9 Å². The van der Waals surface area contributed by atoms with Gasteiger partial charge in [-0.25, -0.2) is 0 Å². The van der Waals surface area contributed by atoms with Crippen LogP contribution in [-0.4, -0.2) is 14.5 Å². The van der Waals surface area contributed by atoms with E-state index in [9.17, 15) is 4.79 Å². The molecule has 0 aliphatic rings. The first-order valence-electron chi connectivity index (χ1n) is 6.51. The molecule has 2 aromatic heterocycles. The number of nitrogens with one attached hydrogen (secondary N) is 2. The van der Waals surface area contributed by atoms with Crippen LogP contribution in [0.3, 0.4) is 0 Å². The number of benzene rings is 1. The predicted octanol–water partition coefficient (Wildman–Crippen LogP) is 3.64. The van der Waals surface area contributed by atoms with Gasteiger partial charge in [-0.05, 0) is 31.6 Å². The Balaban J connectivity index is 2.36. The van der Waals surface area contributed by atoms with Gasteiger partial charge < -0.3 is 9.97 Å². The second kappa shape index (κ2) is 4.76. The van der Waals surface area contributed by atoms with Gasteiger partial charge in [-0.2, -0.15) is 0 Å². The Hall–Kier alpha value is -2.14. The Morgan fingerprint density at radius 3 is 2.50 bits per heavy atom. The van der Waals surface area contributed by atoms with E-state index in [1.54, 1.807) is 4.57 Å². The molecule has 0 fully saturated rings. The molecular formula is C15H15N3OS. The minimum atomic E-state index is -0.0825. The molecular weight excluding hydrogens is 270 g/mol. The van der Waals surface area contributed by atoms with Crippen molar-refractivity contribution in [2.24, 2.45) is 0 Å². The first-order chi connectivity index (χ1) is 9.59. The van der Waals surface area contributed by atoms with Crippen molar-refractivity contribution in [2.75, 3.05) is 0 Å². The Labute approximate surface area is 121 Å². The highest BCUT2D eigenvalue weighted by atomic mass is 32.1. The summed E-state index contributed by atoms with van der Waals surface area (Å²) in [5.41, 5.74) is 3.25. The van der Waals surface area contributed by atoms with Gasteiger partial charge in [0.1, 0.15) is 5.52 Å². The SMILES string of the molecule is CC(C)n1c(=S)[nH]c2c(-c3ccccc3)c[nH]c2c1=O. The number of nitrogens with zero attached hydrogens (tertiary/aromatic N) is 1. The average molecular weight is 285 g/mol. The van der Waals surface area contributed by atoms with Crippen LogP contribution in [0.5, 0.6) is 0 Å². The van der Waals surface area contributed by atoms with Crippen molar-refractivity contribution >= 4 is 23.3 Å². The van der Waals surface area contributed by atoms with E-state index in [1.807, 2.05) is 50.4 Å². The summed E-state index contributed by atoms with van der Waals surface area (Å²) in [4.78, 5) is 18.7. The zero-order valence-corrected chi connectivity index (χ0v) is 12.1. The number of rotatable bonds is 2. The quantitative estimate of drug-likeness (QED) is 0.706. The lowest BCUT2D eigenvalue weighted by atomic mass is 10.1. The van der Waals surface area contributed by atoms with E-state index in [-0.39, 0.29) is 11.6 Å². The normalized spacial score (nSPS) is 11.3. The van der Waals surface area contributed by atoms with Gasteiger partial charge >= 0.3 is 0 Å². The van der Waals surface area contributed by atoms with Gasteiger partial charge in [0, 0.05) is 17.8 Å². The van der Waals surface area contributed by atoms with Gasteiger partial charge in [0.2, 0.25) is 0 Å². The van der Waals surface area contributed by atoms with Crippen molar-refractivity contribution in [3.63, 3.8) is 0 Å². The van der Waals surface area contributed by atoms with E-state index >= 15 is 0 Å². The lowest BCUT2D eigenvalue weighted by Crippen LogP contribution is -2.23. The molecule has 0 aliphatic carbocycles. The van der Waals surface area contributed by atoms with Gasteiger partial charge in [-0.1, -0.05) is 30.3 Å². The molecule has 0 spiro atoms. The fourth-order valence-electron chi connectivity index (χ4n) is 2.42. The van der Waals surface area contributed by atoms with E-state index in [0.29, 0.717) is 10.3 Å². The van der Waals surface area contributed by atoms with Crippen LogP contribution in [0.2, 0.25) is 0 Å². The highest BCUT2D eigenvalue weighted by Gasteiger charge is 2.13. The topological polar surface area (TPSA) is 53.6 Å².